The lowest BCUT2D eigenvalue weighted by Crippen LogP contribution is -2.32. The Morgan fingerprint density at radius 1 is 1.17 bits per heavy atom. The van der Waals surface area contributed by atoms with Crippen molar-refractivity contribution >= 4 is 14.8 Å². The van der Waals surface area contributed by atoms with Gasteiger partial charge in [-0.05, 0) is 24.1 Å². The van der Waals surface area contributed by atoms with Gasteiger partial charge in [0.15, 0.2) is 0 Å². The highest BCUT2D eigenvalue weighted by Gasteiger charge is 2.31. The van der Waals surface area contributed by atoms with Crippen LogP contribution in [0.2, 0.25) is 19.6 Å². The summed E-state index contributed by atoms with van der Waals surface area (Å²) in [4.78, 5) is 0. The number of rotatable bonds is 3. The summed E-state index contributed by atoms with van der Waals surface area (Å²) < 4.78 is 16.5. The fourth-order valence-corrected chi connectivity index (χ4v) is 4.94. The summed E-state index contributed by atoms with van der Waals surface area (Å²) in [5, 5.41) is 1.40. The van der Waals surface area contributed by atoms with Gasteiger partial charge in [-0.3, -0.25) is 4.58 Å². The first-order valence-electron chi connectivity index (χ1n) is 8.20. The van der Waals surface area contributed by atoms with E-state index in [0.29, 0.717) is 11.5 Å². The molecule has 0 fully saturated rings. The zero-order chi connectivity index (χ0) is 17.5. The molecule has 0 spiro atoms. The van der Waals surface area contributed by atoms with Crippen molar-refractivity contribution in [2.24, 2.45) is 5.92 Å². The molecule has 0 unspecified atom stereocenters. The van der Waals surface area contributed by atoms with Crippen LogP contribution in [0.5, 0.6) is 0 Å². The van der Waals surface area contributed by atoms with Crippen LogP contribution in [0.3, 0.4) is 0 Å². The van der Waals surface area contributed by atoms with E-state index in [9.17, 15) is 4.39 Å². The average Bonchev–Trinajstić information content (AvgIpc) is 2.37. The zero-order valence-corrected chi connectivity index (χ0v) is 16.4. The third-order valence-corrected chi connectivity index (χ3v) is 6.35. The first kappa shape index (κ1) is 17.7. The number of halogens is 1. The van der Waals surface area contributed by atoms with Gasteiger partial charge in [0.2, 0.25) is 0 Å². The molecular formula is C20H28FNSi. The van der Waals surface area contributed by atoms with Gasteiger partial charge < -0.3 is 0 Å². The molecule has 0 saturated carbocycles. The molecule has 2 rings (SSSR count). The number of hydrogen-bond donors (Lipinski definition) is 0. The van der Waals surface area contributed by atoms with Gasteiger partial charge in [-0.1, -0.05) is 69.2 Å². The molecule has 23 heavy (non-hydrogen) atoms. The van der Waals surface area contributed by atoms with Gasteiger partial charge in [0.25, 0.3) is 0 Å². The number of aryl methyl sites for hydroxylation is 2. The molecule has 0 N–H and O–H groups in total. The third kappa shape index (κ3) is 3.50. The largest absolute Gasteiger partial charge is 0.255 e. The number of nitrogens with zero attached hydrogens (tertiary/aromatic N) is 1. The molecule has 0 aliphatic carbocycles. The predicted octanol–water partition coefficient (Wildman–Crippen LogP) is 5.39. The Balaban J connectivity index is 2.60. The molecule has 0 radical (unpaired) electrons. The van der Waals surface area contributed by atoms with E-state index in [1.54, 1.807) is 6.07 Å². The van der Waals surface area contributed by atoms with Crippen LogP contribution in [0, 0.1) is 31.6 Å². The predicted molar refractivity (Wildman–Crippen MR) is 100.0 cm³/mol. The average molecular weight is 330 g/mol. The lowest BCUT2D eigenvalue weighted by molar-refractivity contribution is -0.419. The molecular weight excluding hydrogens is 301 g/mol. The van der Waals surface area contributed by atoms with E-state index in [-0.39, 0.29) is 5.82 Å². The van der Waals surface area contributed by atoms with Crippen LogP contribution < -0.4 is 0 Å². The first-order valence-corrected chi connectivity index (χ1v) is 11.7. The minimum absolute atomic E-state index is 0.171. The normalized spacial score (nSPS) is 15.9. The third-order valence-electron chi connectivity index (χ3n) is 4.32. The smallest absolute Gasteiger partial charge is 0.150 e. The van der Waals surface area contributed by atoms with E-state index in [1.165, 1.54) is 10.8 Å². The van der Waals surface area contributed by atoms with Crippen molar-refractivity contribution in [3.63, 3.8) is 0 Å². The van der Waals surface area contributed by atoms with E-state index in [0.717, 1.165) is 17.2 Å². The number of benzene rings is 1. The fraction of sp³-hybridized carbons (Fsp3) is 0.400. The molecule has 1 aromatic carbocycles. The van der Waals surface area contributed by atoms with Crippen LogP contribution >= 0.6 is 0 Å². The molecule has 3 heteroatoms. The molecule has 0 atom stereocenters. The van der Waals surface area contributed by atoms with Crippen molar-refractivity contribution in [1.82, 2.24) is 0 Å². The van der Waals surface area contributed by atoms with Crippen LogP contribution in [0.1, 0.15) is 30.5 Å². The maximum atomic E-state index is 14.6. The second kappa shape index (κ2) is 6.12. The van der Waals surface area contributed by atoms with E-state index < -0.39 is 8.07 Å². The maximum absolute atomic E-state index is 14.6. The van der Waals surface area contributed by atoms with Crippen LogP contribution in [-0.2, 0) is 0 Å². The molecule has 1 aliphatic heterocycles. The Hall–Kier alpha value is -1.61. The Morgan fingerprint density at radius 3 is 2.26 bits per heavy atom. The van der Waals surface area contributed by atoms with Gasteiger partial charge in [0.05, 0.1) is 20.6 Å². The Kier molecular flexibility index (Phi) is 4.72. The highest BCUT2D eigenvalue weighted by molar-refractivity contribution is 6.84. The molecule has 1 aliphatic rings. The van der Waals surface area contributed by atoms with Crippen molar-refractivity contribution in [2.45, 2.75) is 47.3 Å². The second-order valence-corrected chi connectivity index (χ2v) is 12.9. The van der Waals surface area contributed by atoms with Crippen molar-refractivity contribution in [1.29, 1.82) is 0 Å². The molecule has 0 amide bonds. The van der Waals surface area contributed by atoms with Crippen LogP contribution in [0.15, 0.2) is 35.2 Å². The quantitative estimate of drug-likeness (QED) is 0.397. The summed E-state index contributed by atoms with van der Waals surface area (Å²) in [5.41, 5.74) is 3.88. The SMILES string of the molecule is C=[N+]1C=C([Si](C)(C)C)C(C(C)C)=C[C-]1c1c(C)cc(C)cc1F. The van der Waals surface area contributed by atoms with Crippen molar-refractivity contribution < 1.29 is 8.97 Å². The summed E-state index contributed by atoms with van der Waals surface area (Å²) in [5.74, 6) is 0.237. The van der Waals surface area contributed by atoms with Crippen LogP contribution in [0.25, 0.3) is 0 Å². The van der Waals surface area contributed by atoms with Gasteiger partial charge in [0, 0.05) is 5.56 Å². The Labute approximate surface area is 141 Å². The minimum atomic E-state index is -1.49. The van der Waals surface area contributed by atoms with Crippen molar-refractivity contribution in [2.75, 3.05) is 0 Å². The molecule has 0 aromatic heterocycles. The number of allylic oxidation sites excluding steroid dienone is 2. The summed E-state index contributed by atoms with van der Waals surface area (Å²) in [7, 11) is -1.49. The molecule has 0 saturated heterocycles. The summed E-state index contributed by atoms with van der Waals surface area (Å²) in [6.45, 7) is 19.5. The van der Waals surface area contributed by atoms with E-state index >= 15 is 0 Å². The van der Waals surface area contributed by atoms with E-state index in [1.807, 2.05) is 24.5 Å². The summed E-state index contributed by atoms with van der Waals surface area (Å²) in [6.07, 6.45) is 4.27. The van der Waals surface area contributed by atoms with Gasteiger partial charge in [-0.25, -0.2) is 4.39 Å². The van der Waals surface area contributed by atoms with E-state index in [2.05, 4.69) is 52.5 Å². The zero-order valence-electron chi connectivity index (χ0n) is 15.4. The van der Waals surface area contributed by atoms with Gasteiger partial charge in [-0.2, -0.15) is 0 Å². The van der Waals surface area contributed by atoms with E-state index in [4.69, 9.17) is 0 Å². The van der Waals surface area contributed by atoms with Gasteiger partial charge in [0.1, 0.15) is 12.2 Å². The fourth-order valence-electron chi connectivity index (χ4n) is 3.17. The summed E-state index contributed by atoms with van der Waals surface area (Å²) >= 11 is 0. The van der Waals surface area contributed by atoms with Gasteiger partial charge >= 0.3 is 0 Å². The Bertz CT molecular complexity index is 682. The van der Waals surface area contributed by atoms with Crippen LogP contribution in [-0.4, -0.2) is 19.4 Å². The molecule has 124 valence electrons. The topological polar surface area (TPSA) is 3.01 Å². The van der Waals surface area contributed by atoms with Crippen molar-refractivity contribution in [3.8, 4) is 0 Å². The molecule has 1 heterocycles. The van der Waals surface area contributed by atoms with Crippen LogP contribution in [0.4, 0.5) is 4.39 Å². The molecule has 1 nitrogen and oxygen atoms in total. The maximum Gasteiger partial charge on any atom is 0.150 e. The second-order valence-electron chi connectivity index (χ2n) is 7.84. The van der Waals surface area contributed by atoms with Crippen molar-refractivity contribution in [3.05, 3.63) is 63.7 Å². The lowest BCUT2D eigenvalue weighted by Gasteiger charge is -2.33. The number of hydrogen-bond acceptors (Lipinski definition) is 0. The standard InChI is InChI=1S/C20H28FNSi/c1-13(2)16-11-18(22(5)12-19(16)23(6,7)8)20-15(4)9-14(3)10-17(20)21/h9-13H,5H2,1-4,6-8H3. The molecule has 0 bridgehead atoms. The highest BCUT2D eigenvalue weighted by Crippen LogP contribution is 2.37. The first-order chi connectivity index (χ1) is 10.5. The monoisotopic (exact) mass is 329 g/mol. The lowest BCUT2D eigenvalue weighted by atomic mass is 9.91. The van der Waals surface area contributed by atoms with Gasteiger partial charge in [-0.15, -0.1) is 0 Å². The summed E-state index contributed by atoms with van der Waals surface area (Å²) in [6, 6.07) is 4.48. The Morgan fingerprint density at radius 2 is 1.78 bits per heavy atom. The highest BCUT2D eigenvalue weighted by atomic mass is 28.3. The minimum Gasteiger partial charge on any atom is -0.255 e. The molecule has 1 aromatic rings.